The minimum absolute atomic E-state index is 0.900. The summed E-state index contributed by atoms with van der Waals surface area (Å²) in [4.78, 5) is 0. The molecule has 98 valence electrons. The summed E-state index contributed by atoms with van der Waals surface area (Å²) in [5.74, 6) is 0. The van der Waals surface area contributed by atoms with Crippen LogP contribution in [-0.4, -0.2) is 6.54 Å². The van der Waals surface area contributed by atoms with Crippen molar-refractivity contribution in [3.63, 3.8) is 0 Å². The van der Waals surface area contributed by atoms with Crippen molar-refractivity contribution in [1.82, 2.24) is 0 Å². The van der Waals surface area contributed by atoms with Crippen LogP contribution < -0.4 is 0 Å². The van der Waals surface area contributed by atoms with Crippen molar-refractivity contribution < 1.29 is 0 Å². The van der Waals surface area contributed by atoms with Crippen LogP contribution in [0.3, 0.4) is 0 Å². The van der Waals surface area contributed by atoms with Gasteiger partial charge in [-0.25, -0.2) is 0 Å². The van der Waals surface area contributed by atoms with E-state index in [4.69, 9.17) is 0 Å². The second kappa shape index (κ2) is 12.5. The van der Waals surface area contributed by atoms with Crippen LogP contribution in [0.1, 0.15) is 64.2 Å². The van der Waals surface area contributed by atoms with Crippen molar-refractivity contribution >= 4 is 21.8 Å². The predicted molar refractivity (Wildman–Crippen MR) is 80.2 cm³/mol. The fourth-order valence-electron chi connectivity index (χ4n) is 1.90. The molecule has 0 aromatic rings. The van der Waals surface area contributed by atoms with Gasteiger partial charge in [0.15, 0.2) is 0 Å². The van der Waals surface area contributed by atoms with E-state index >= 15 is 0 Å². The van der Waals surface area contributed by atoms with Gasteiger partial charge in [0.05, 0.1) is 17.5 Å². The van der Waals surface area contributed by atoms with Crippen molar-refractivity contribution in [3.05, 3.63) is 11.5 Å². The Morgan fingerprint density at radius 3 is 2.18 bits per heavy atom. The Hall–Kier alpha value is 0.0400. The van der Waals surface area contributed by atoms with Crippen LogP contribution in [0.15, 0.2) is 21.1 Å². The minimum atomic E-state index is 0.900. The predicted octanol–water partition coefficient (Wildman–Crippen LogP) is 6.16. The second-order valence-electron chi connectivity index (χ2n) is 4.46. The van der Waals surface area contributed by atoms with E-state index in [2.05, 4.69) is 21.1 Å². The monoisotopic (exact) mass is 272 g/mol. The summed E-state index contributed by atoms with van der Waals surface area (Å²) in [6.45, 7) is 0.900. The van der Waals surface area contributed by atoms with E-state index in [9.17, 15) is 0 Å². The Morgan fingerprint density at radius 2 is 1.41 bits per heavy atom. The highest BCUT2D eigenvalue weighted by molar-refractivity contribution is 8.77. The van der Waals surface area contributed by atoms with Crippen LogP contribution in [0.5, 0.6) is 0 Å². The first kappa shape index (κ1) is 15.1. The summed E-state index contributed by atoms with van der Waals surface area (Å²) >= 11 is 0. The van der Waals surface area contributed by atoms with Gasteiger partial charge in [-0.15, -0.1) is 4.52 Å². The van der Waals surface area contributed by atoms with Crippen molar-refractivity contribution in [1.29, 1.82) is 0 Å². The Labute approximate surface area is 114 Å². The van der Waals surface area contributed by atoms with Gasteiger partial charge in [0, 0.05) is 0 Å². The first-order valence-electron chi connectivity index (χ1n) is 6.84. The molecule has 0 aromatic heterocycles. The lowest BCUT2D eigenvalue weighted by Gasteiger charge is -2.00. The first-order valence-corrected chi connectivity index (χ1v) is 9.01. The topological polar surface area (TPSA) is 24.7 Å². The van der Waals surface area contributed by atoms with Crippen molar-refractivity contribution in [2.75, 3.05) is 6.54 Å². The average Bonchev–Trinajstić information content (AvgIpc) is 2.35. The lowest BCUT2D eigenvalue weighted by Crippen LogP contribution is -1.83. The standard InChI is InChI=1S/C13H24N2S2/c1-2-4-6-8-10-12-14-15-17-16-13-11-9-7-5-3-1/h11,13H,1-10,12H2. The fourth-order valence-corrected chi connectivity index (χ4v) is 2.97. The molecule has 0 N–H and O–H groups in total. The maximum Gasteiger partial charge on any atom is 0.0716 e. The molecule has 1 aliphatic rings. The molecule has 0 radical (unpaired) electrons. The molecule has 0 atom stereocenters. The SMILES string of the molecule is C1=CSSN=NCCCCCCCCCCC1. The van der Waals surface area contributed by atoms with E-state index in [1.807, 2.05) is 0 Å². The number of hydrogen-bond acceptors (Lipinski definition) is 4. The molecular formula is C13H24N2S2. The van der Waals surface area contributed by atoms with Gasteiger partial charge < -0.3 is 0 Å². The van der Waals surface area contributed by atoms with Gasteiger partial charge in [-0.1, -0.05) is 51.0 Å². The van der Waals surface area contributed by atoms with Crippen LogP contribution in [0.2, 0.25) is 0 Å². The number of hydrogen-bond donors (Lipinski definition) is 0. The van der Waals surface area contributed by atoms with Gasteiger partial charge in [-0.05, 0) is 35.5 Å². The quantitative estimate of drug-likeness (QED) is 0.389. The normalized spacial score (nSPS) is 22.1. The lowest BCUT2D eigenvalue weighted by atomic mass is 10.1. The Balaban J connectivity index is 2.13. The second-order valence-corrected chi connectivity index (χ2v) is 6.26. The van der Waals surface area contributed by atoms with E-state index in [0.717, 1.165) is 6.54 Å². The van der Waals surface area contributed by atoms with E-state index in [0.29, 0.717) is 0 Å². The zero-order chi connectivity index (χ0) is 12.0. The molecule has 0 bridgehead atoms. The molecular weight excluding hydrogens is 248 g/mol. The molecule has 2 nitrogen and oxygen atoms in total. The van der Waals surface area contributed by atoms with E-state index in [1.165, 1.54) is 75.2 Å². The van der Waals surface area contributed by atoms with Crippen LogP contribution in [0, 0.1) is 0 Å². The molecule has 17 heavy (non-hydrogen) atoms. The molecule has 1 aliphatic heterocycles. The molecule has 0 saturated heterocycles. The van der Waals surface area contributed by atoms with Crippen molar-refractivity contribution in [3.8, 4) is 0 Å². The zero-order valence-electron chi connectivity index (χ0n) is 10.6. The Morgan fingerprint density at radius 1 is 0.765 bits per heavy atom. The van der Waals surface area contributed by atoms with Crippen LogP contribution in [0.25, 0.3) is 0 Å². The Bertz CT molecular complexity index is 195. The molecule has 0 aliphatic carbocycles. The third-order valence-corrected chi connectivity index (χ3v) is 4.28. The summed E-state index contributed by atoms with van der Waals surface area (Å²) < 4.78 is 4.07. The van der Waals surface area contributed by atoms with Crippen molar-refractivity contribution in [2.24, 2.45) is 9.63 Å². The largest absolute Gasteiger partial charge is 0.181 e. The highest BCUT2D eigenvalue weighted by atomic mass is 33.1. The zero-order valence-corrected chi connectivity index (χ0v) is 12.3. The van der Waals surface area contributed by atoms with Gasteiger partial charge in [-0.2, -0.15) is 5.11 Å². The highest BCUT2D eigenvalue weighted by Gasteiger charge is 1.93. The molecule has 0 spiro atoms. The number of allylic oxidation sites excluding steroid dienone is 1. The summed E-state index contributed by atoms with van der Waals surface area (Å²) in [5, 5.41) is 6.29. The fraction of sp³-hybridized carbons (Fsp3) is 0.846. The van der Waals surface area contributed by atoms with Crippen LogP contribution >= 0.6 is 21.8 Å². The molecule has 0 aromatic carbocycles. The smallest absolute Gasteiger partial charge is 0.0716 e. The molecule has 4 heteroatoms. The molecule has 1 rings (SSSR count). The van der Waals surface area contributed by atoms with E-state index in [-0.39, 0.29) is 0 Å². The average molecular weight is 272 g/mol. The van der Waals surface area contributed by atoms with Gasteiger partial charge in [0.1, 0.15) is 0 Å². The van der Waals surface area contributed by atoms with E-state index < -0.39 is 0 Å². The summed E-state index contributed by atoms with van der Waals surface area (Å²) in [7, 11) is 3.15. The van der Waals surface area contributed by atoms with Gasteiger partial charge in [-0.3, -0.25) is 0 Å². The maximum absolute atomic E-state index is 4.15. The first-order chi connectivity index (χ1) is 8.50. The highest BCUT2D eigenvalue weighted by Crippen LogP contribution is 2.24. The van der Waals surface area contributed by atoms with Gasteiger partial charge in [0.2, 0.25) is 0 Å². The summed E-state index contributed by atoms with van der Waals surface area (Å²) in [6, 6.07) is 0. The van der Waals surface area contributed by atoms with Crippen LogP contribution in [0.4, 0.5) is 0 Å². The molecule has 1 heterocycles. The summed E-state index contributed by atoms with van der Waals surface area (Å²) in [6.07, 6.45) is 15.8. The molecule has 0 amide bonds. The lowest BCUT2D eigenvalue weighted by molar-refractivity contribution is 0.561. The minimum Gasteiger partial charge on any atom is -0.181 e. The molecule has 0 fully saturated rings. The number of rotatable bonds is 0. The van der Waals surface area contributed by atoms with Crippen molar-refractivity contribution in [2.45, 2.75) is 64.2 Å². The van der Waals surface area contributed by atoms with Gasteiger partial charge >= 0.3 is 0 Å². The third kappa shape index (κ3) is 10.9. The maximum atomic E-state index is 4.15. The number of nitrogens with zero attached hydrogens (tertiary/aromatic N) is 2. The molecule has 0 unspecified atom stereocenters. The van der Waals surface area contributed by atoms with Gasteiger partial charge in [0.25, 0.3) is 0 Å². The third-order valence-electron chi connectivity index (χ3n) is 2.91. The molecule has 0 saturated carbocycles. The Kier molecular flexibility index (Phi) is 11.1. The van der Waals surface area contributed by atoms with E-state index in [1.54, 1.807) is 10.8 Å². The summed E-state index contributed by atoms with van der Waals surface area (Å²) in [5.41, 5.74) is 0. The van der Waals surface area contributed by atoms with Crippen LogP contribution in [-0.2, 0) is 0 Å².